The summed E-state index contributed by atoms with van der Waals surface area (Å²) in [6.45, 7) is 1.65. The summed E-state index contributed by atoms with van der Waals surface area (Å²) in [5.41, 5.74) is 0.920. The molecule has 1 saturated carbocycles. The second-order valence-corrected chi connectivity index (χ2v) is 12.0. The van der Waals surface area contributed by atoms with E-state index in [0.29, 0.717) is 54.9 Å². The Balaban J connectivity index is 1.35. The molecular formula is C26H28BrCl2N3O3. The van der Waals surface area contributed by atoms with Crippen LogP contribution in [0, 0.1) is 11.1 Å². The highest BCUT2D eigenvalue weighted by Crippen LogP contribution is 2.51. The SMILES string of the molecule is O=C(N[C@@H]1C[N+]2([O-])CCC1CC2)[C@H](Cc1ccc(Br)cc1)NC(=O)C1(c2ccc(Cl)cc2Cl)CC1. The van der Waals surface area contributed by atoms with Crippen molar-refractivity contribution >= 4 is 50.9 Å². The van der Waals surface area contributed by atoms with Crippen molar-refractivity contribution < 1.29 is 14.2 Å². The fourth-order valence-corrected chi connectivity index (χ4v) is 6.43. The first-order chi connectivity index (χ1) is 16.7. The number of hydrogen-bond acceptors (Lipinski definition) is 3. The topological polar surface area (TPSA) is 81.3 Å². The fraction of sp³-hybridized carbons (Fsp3) is 0.462. The van der Waals surface area contributed by atoms with Crippen LogP contribution in [0.5, 0.6) is 0 Å². The molecule has 3 heterocycles. The van der Waals surface area contributed by atoms with Gasteiger partial charge in [-0.05, 0) is 54.2 Å². The van der Waals surface area contributed by atoms with Gasteiger partial charge in [0.2, 0.25) is 11.8 Å². The Morgan fingerprint density at radius 1 is 1.11 bits per heavy atom. The third-order valence-electron chi connectivity index (χ3n) is 7.85. The number of benzene rings is 2. The fourth-order valence-electron chi connectivity index (χ4n) is 5.58. The van der Waals surface area contributed by atoms with Crippen LogP contribution in [-0.4, -0.2) is 48.2 Å². The van der Waals surface area contributed by atoms with Crippen LogP contribution in [0.15, 0.2) is 46.9 Å². The molecule has 2 amide bonds. The van der Waals surface area contributed by atoms with Gasteiger partial charge in [-0.25, -0.2) is 0 Å². The van der Waals surface area contributed by atoms with Gasteiger partial charge in [0.1, 0.15) is 6.04 Å². The van der Waals surface area contributed by atoms with Crippen molar-refractivity contribution in [1.82, 2.24) is 10.6 Å². The number of hydroxylamine groups is 3. The summed E-state index contributed by atoms with van der Waals surface area (Å²) in [5, 5.41) is 20.0. The number of nitrogens with zero attached hydrogens (tertiary/aromatic N) is 1. The number of carbonyl (C=O) groups excluding carboxylic acids is 2. The molecular weight excluding hydrogens is 553 g/mol. The maximum atomic E-state index is 13.6. The minimum Gasteiger partial charge on any atom is -0.633 e. The van der Waals surface area contributed by atoms with E-state index in [2.05, 4.69) is 26.6 Å². The highest BCUT2D eigenvalue weighted by molar-refractivity contribution is 9.10. The zero-order chi connectivity index (χ0) is 24.8. The van der Waals surface area contributed by atoms with E-state index in [9.17, 15) is 14.8 Å². The van der Waals surface area contributed by atoms with Gasteiger partial charge in [-0.15, -0.1) is 0 Å². The second kappa shape index (κ2) is 9.67. The zero-order valence-electron chi connectivity index (χ0n) is 19.2. The maximum absolute atomic E-state index is 13.6. The average Bonchev–Trinajstić information content (AvgIpc) is 3.62. The van der Waals surface area contributed by atoms with Crippen LogP contribution < -0.4 is 10.6 Å². The van der Waals surface area contributed by atoms with Crippen molar-refractivity contribution in [2.45, 2.75) is 49.6 Å². The Kier molecular flexibility index (Phi) is 6.92. The molecule has 9 heteroatoms. The Morgan fingerprint density at radius 2 is 1.80 bits per heavy atom. The molecule has 0 spiro atoms. The molecule has 0 radical (unpaired) electrons. The molecule has 0 unspecified atom stereocenters. The average molecular weight is 581 g/mol. The van der Waals surface area contributed by atoms with Crippen molar-refractivity contribution in [3.8, 4) is 0 Å². The van der Waals surface area contributed by atoms with Gasteiger partial charge in [-0.1, -0.05) is 57.3 Å². The Bertz CT molecular complexity index is 1130. The van der Waals surface area contributed by atoms with Gasteiger partial charge in [-0.3, -0.25) is 9.59 Å². The van der Waals surface area contributed by atoms with Crippen molar-refractivity contribution in [3.63, 3.8) is 0 Å². The quantitative estimate of drug-likeness (QED) is 0.367. The smallest absolute Gasteiger partial charge is 0.243 e. The first-order valence-electron chi connectivity index (χ1n) is 12.1. The number of hydrogen-bond donors (Lipinski definition) is 2. The molecule has 2 atom stereocenters. The number of quaternary nitrogens is 1. The Hall–Kier alpha value is -1.64. The molecule has 2 N–H and O–H groups in total. The number of fused-ring (bicyclic) bond motifs is 3. The summed E-state index contributed by atoms with van der Waals surface area (Å²) in [4.78, 5) is 27.1. The van der Waals surface area contributed by atoms with Crippen molar-refractivity contribution in [3.05, 3.63) is 73.3 Å². The minimum absolute atomic E-state index is 0.160. The molecule has 2 aromatic carbocycles. The van der Waals surface area contributed by atoms with Gasteiger partial charge in [0, 0.05) is 33.8 Å². The molecule has 35 heavy (non-hydrogen) atoms. The van der Waals surface area contributed by atoms with Crippen molar-refractivity contribution in [1.29, 1.82) is 0 Å². The summed E-state index contributed by atoms with van der Waals surface area (Å²) in [6.07, 6.45) is 3.33. The molecule has 186 valence electrons. The van der Waals surface area contributed by atoms with Gasteiger partial charge < -0.3 is 20.5 Å². The van der Waals surface area contributed by atoms with Gasteiger partial charge in [0.25, 0.3) is 0 Å². The standard InChI is InChI=1S/C26H28BrCl2N3O3/c27-18-3-1-16(2-4-18)13-22(24(33)30-23-15-32(35)11-7-17(23)8-12-32)31-25(34)26(9-10-26)20-6-5-19(28)14-21(20)29/h1-6,14,17,22-23H,7-13,15H2,(H,30,33)(H,31,34)/t17?,22-,23+,32?/m0/s1. The second-order valence-electron chi connectivity index (χ2n) is 10.2. The monoisotopic (exact) mass is 579 g/mol. The lowest BCUT2D eigenvalue weighted by Crippen LogP contribution is -2.66. The molecule has 1 aliphatic carbocycles. The van der Waals surface area contributed by atoms with Crippen molar-refractivity contribution in [2.24, 2.45) is 5.92 Å². The minimum atomic E-state index is -0.761. The van der Waals surface area contributed by atoms with Crippen LogP contribution >= 0.6 is 39.1 Å². The molecule has 0 aromatic heterocycles. The molecule has 4 aliphatic rings. The van der Waals surface area contributed by atoms with Crippen LogP contribution in [0.1, 0.15) is 36.8 Å². The van der Waals surface area contributed by atoms with Crippen LogP contribution in [0.2, 0.25) is 10.0 Å². The summed E-state index contributed by atoms with van der Waals surface area (Å²) in [6, 6.07) is 12.0. The van der Waals surface area contributed by atoms with Crippen molar-refractivity contribution in [2.75, 3.05) is 19.6 Å². The first kappa shape index (κ1) is 25.0. The summed E-state index contributed by atoms with van der Waals surface area (Å²) in [7, 11) is 0. The Morgan fingerprint density at radius 3 is 2.40 bits per heavy atom. The van der Waals surface area contributed by atoms with Crippen LogP contribution in [0.4, 0.5) is 0 Å². The van der Waals surface area contributed by atoms with E-state index in [-0.39, 0.29) is 22.5 Å². The molecule has 4 fully saturated rings. The summed E-state index contributed by atoms with van der Waals surface area (Å²) in [5.74, 6) is -0.135. The van der Waals surface area contributed by atoms with Crippen LogP contribution in [0.3, 0.4) is 0 Å². The normalized spacial score (nSPS) is 27.2. The largest absolute Gasteiger partial charge is 0.633 e. The van der Waals surface area contributed by atoms with Crippen LogP contribution in [-0.2, 0) is 21.4 Å². The zero-order valence-corrected chi connectivity index (χ0v) is 22.3. The van der Waals surface area contributed by atoms with E-state index in [0.717, 1.165) is 28.4 Å². The van der Waals surface area contributed by atoms with E-state index in [1.165, 1.54) is 0 Å². The molecule has 2 bridgehead atoms. The Labute approximate surface area is 223 Å². The number of halogens is 3. The lowest BCUT2D eigenvalue weighted by molar-refractivity contribution is -0.898. The first-order valence-corrected chi connectivity index (χ1v) is 13.6. The molecule has 3 saturated heterocycles. The number of carbonyl (C=O) groups is 2. The highest BCUT2D eigenvalue weighted by Gasteiger charge is 2.53. The van der Waals surface area contributed by atoms with Crippen LogP contribution in [0.25, 0.3) is 0 Å². The molecule has 2 aromatic rings. The third-order valence-corrected chi connectivity index (χ3v) is 8.92. The lowest BCUT2D eigenvalue weighted by Gasteiger charge is -2.55. The number of piperidine rings is 3. The number of rotatable bonds is 7. The number of nitrogens with one attached hydrogen (secondary N) is 2. The predicted molar refractivity (Wildman–Crippen MR) is 140 cm³/mol. The molecule has 6 rings (SSSR count). The van der Waals surface area contributed by atoms with E-state index in [1.807, 2.05) is 24.3 Å². The van der Waals surface area contributed by atoms with E-state index in [1.54, 1.807) is 18.2 Å². The lowest BCUT2D eigenvalue weighted by atomic mass is 9.83. The highest BCUT2D eigenvalue weighted by atomic mass is 79.9. The van der Waals surface area contributed by atoms with Gasteiger partial charge in [0.15, 0.2) is 0 Å². The third kappa shape index (κ3) is 5.25. The van der Waals surface area contributed by atoms with Gasteiger partial charge >= 0.3 is 0 Å². The predicted octanol–water partition coefficient (Wildman–Crippen LogP) is 4.74. The van der Waals surface area contributed by atoms with Gasteiger partial charge in [-0.2, -0.15) is 0 Å². The summed E-state index contributed by atoms with van der Waals surface area (Å²) >= 11 is 15.9. The van der Waals surface area contributed by atoms with Gasteiger partial charge in [0.05, 0.1) is 31.1 Å². The summed E-state index contributed by atoms with van der Waals surface area (Å²) < 4.78 is 0.709. The van der Waals surface area contributed by atoms with E-state index >= 15 is 0 Å². The molecule has 6 nitrogen and oxygen atoms in total. The molecule has 3 aliphatic heterocycles. The van der Waals surface area contributed by atoms with E-state index < -0.39 is 11.5 Å². The van der Waals surface area contributed by atoms with E-state index in [4.69, 9.17) is 23.2 Å². The maximum Gasteiger partial charge on any atom is 0.243 e. The number of amides is 2.